The maximum Gasteiger partial charge on any atom is 0.494 e. The van der Waals surface area contributed by atoms with E-state index in [2.05, 4.69) is 217 Å². The van der Waals surface area contributed by atoms with E-state index in [4.69, 9.17) is 18.8 Å². The molecule has 11 rings (SSSR count). The first-order valence-corrected chi connectivity index (χ1v) is 24.3. The van der Waals surface area contributed by atoms with E-state index in [1.54, 1.807) is 14.2 Å². The van der Waals surface area contributed by atoms with Crippen LogP contribution in [0.2, 0.25) is 0 Å². The van der Waals surface area contributed by atoms with Crippen LogP contribution in [0.5, 0.6) is 11.5 Å². The normalized spacial score (nSPS) is 15.9. The lowest BCUT2D eigenvalue weighted by Gasteiger charge is -2.32. The van der Waals surface area contributed by atoms with E-state index in [0.717, 1.165) is 27.0 Å². The number of rotatable bonds is 6. The molecule has 4 nitrogen and oxygen atoms in total. The van der Waals surface area contributed by atoms with Gasteiger partial charge < -0.3 is 18.8 Å². The van der Waals surface area contributed by atoms with E-state index in [1.165, 1.54) is 72.3 Å². The van der Waals surface area contributed by atoms with Crippen molar-refractivity contribution in [2.75, 3.05) is 14.2 Å². The Morgan fingerprint density at radius 3 is 1.34 bits per heavy atom. The quantitative estimate of drug-likeness (QED) is 0.156. The van der Waals surface area contributed by atoms with Crippen LogP contribution in [0.25, 0.3) is 55.6 Å². The molecule has 1 fully saturated rings. The lowest BCUT2D eigenvalue weighted by atomic mass is 9.74. The molecule has 0 N–H and O–H groups in total. The number of methoxy groups -OCH3 is 2. The van der Waals surface area contributed by atoms with E-state index in [1.807, 2.05) is 36.4 Å². The Labute approximate surface area is 412 Å². The van der Waals surface area contributed by atoms with Crippen molar-refractivity contribution in [2.45, 2.75) is 77.4 Å². The van der Waals surface area contributed by atoms with Gasteiger partial charge in [0, 0.05) is 15.3 Å². The van der Waals surface area contributed by atoms with Gasteiger partial charge in [0.15, 0.2) is 0 Å². The van der Waals surface area contributed by atoms with Crippen molar-refractivity contribution in [3.63, 3.8) is 0 Å². The highest BCUT2D eigenvalue weighted by Crippen LogP contribution is 2.51. The van der Waals surface area contributed by atoms with Crippen molar-refractivity contribution < 1.29 is 18.8 Å². The molecule has 0 bridgehead atoms. The minimum absolute atomic E-state index is 0.00131. The molecule has 0 amide bonds. The SMILES string of the molecule is CC1(C)c2ccccc2-c2ccc(B3OC(C)(C)C(C)(C)O3)cc21.COc1ccc(-c2ccc3c(c2)C(C)(C)c2ccccc2-3)c(-c2ccccc2)c1.COc1ccc(Br)c(-c2ccccc2)c1. The Hall–Kier alpha value is -6.18. The molecular formula is C62H60BBrO4. The molecule has 342 valence electrons. The monoisotopic (exact) mass is 958 g/mol. The van der Waals surface area contributed by atoms with Gasteiger partial charge in [-0.2, -0.15) is 0 Å². The van der Waals surface area contributed by atoms with Gasteiger partial charge in [-0.1, -0.05) is 189 Å². The Bertz CT molecular complexity index is 3100. The van der Waals surface area contributed by atoms with Crippen molar-refractivity contribution in [3.8, 4) is 67.1 Å². The summed E-state index contributed by atoms with van der Waals surface area (Å²) in [5.41, 5.74) is 18.6. The molecule has 2 aliphatic carbocycles. The summed E-state index contributed by atoms with van der Waals surface area (Å²) in [6.45, 7) is 17.6. The average molecular weight is 960 g/mol. The van der Waals surface area contributed by atoms with Gasteiger partial charge in [-0.3, -0.25) is 0 Å². The molecule has 0 spiro atoms. The number of halogens is 1. The third-order valence-electron chi connectivity index (χ3n) is 14.6. The van der Waals surface area contributed by atoms with Crippen LogP contribution in [0.4, 0.5) is 0 Å². The Morgan fingerprint density at radius 2 is 0.794 bits per heavy atom. The van der Waals surface area contributed by atoms with Gasteiger partial charge >= 0.3 is 7.12 Å². The van der Waals surface area contributed by atoms with E-state index in [0.29, 0.717) is 0 Å². The predicted octanol–water partition coefficient (Wildman–Crippen LogP) is 15.8. The largest absolute Gasteiger partial charge is 0.497 e. The highest BCUT2D eigenvalue weighted by atomic mass is 79.9. The summed E-state index contributed by atoms with van der Waals surface area (Å²) >= 11 is 3.54. The molecule has 0 saturated carbocycles. The zero-order valence-corrected chi connectivity index (χ0v) is 42.5. The zero-order valence-electron chi connectivity index (χ0n) is 40.9. The molecule has 1 saturated heterocycles. The van der Waals surface area contributed by atoms with Crippen molar-refractivity contribution >= 4 is 28.5 Å². The molecular weight excluding hydrogens is 899 g/mol. The van der Waals surface area contributed by atoms with Crippen molar-refractivity contribution in [1.82, 2.24) is 0 Å². The fourth-order valence-electron chi connectivity index (χ4n) is 9.95. The molecule has 8 aromatic carbocycles. The second kappa shape index (κ2) is 18.4. The number of hydrogen-bond acceptors (Lipinski definition) is 4. The van der Waals surface area contributed by atoms with Crippen molar-refractivity contribution in [3.05, 3.63) is 209 Å². The first kappa shape index (κ1) is 46.9. The second-order valence-corrected chi connectivity index (χ2v) is 20.8. The fourth-order valence-corrected chi connectivity index (χ4v) is 10.4. The number of hydrogen-bond donors (Lipinski definition) is 0. The molecule has 68 heavy (non-hydrogen) atoms. The van der Waals surface area contributed by atoms with Gasteiger partial charge in [-0.15, -0.1) is 0 Å². The first-order chi connectivity index (χ1) is 32.5. The highest BCUT2D eigenvalue weighted by molar-refractivity contribution is 9.10. The van der Waals surface area contributed by atoms with E-state index in [-0.39, 0.29) is 29.2 Å². The molecule has 0 atom stereocenters. The molecule has 1 heterocycles. The Kier molecular flexibility index (Phi) is 12.7. The summed E-state index contributed by atoms with van der Waals surface area (Å²) in [5, 5.41) is 0. The van der Waals surface area contributed by atoms with Crippen LogP contribution in [-0.4, -0.2) is 32.5 Å². The van der Waals surface area contributed by atoms with Gasteiger partial charge in [-0.25, -0.2) is 0 Å². The highest BCUT2D eigenvalue weighted by Gasteiger charge is 2.52. The van der Waals surface area contributed by atoms with Crippen molar-refractivity contribution in [2.24, 2.45) is 0 Å². The Morgan fingerprint density at radius 1 is 0.368 bits per heavy atom. The summed E-state index contributed by atoms with van der Waals surface area (Å²) in [6.07, 6.45) is 0. The first-order valence-electron chi connectivity index (χ1n) is 23.5. The third kappa shape index (κ3) is 8.64. The minimum Gasteiger partial charge on any atom is -0.497 e. The maximum atomic E-state index is 6.23. The van der Waals surface area contributed by atoms with E-state index in [9.17, 15) is 0 Å². The lowest BCUT2D eigenvalue weighted by molar-refractivity contribution is 0.00578. The third-order valence-corrected chi connectivity index (χ3v) is 15.3. The van der Waals surface area contributed by atoms with Gasteiger partial charge in [-0.05, 0) is 147 Å². The number of ether oxygens (including phenoxy) is 2. The van der Waals surface area contributed by atoms with Gasteiger partial charge in [0.2, 0.25) is 0 Å². The average Bonchev–Trinajstić information content (AvgIpc) is 3.84. The summed E-state index contributed by atoms with van der Waals surface area (Å²) in [7, 11) is 3.09. The van der Waals surface area contributed by atoms with Crippen LogP contribution >= 0.6 is 15.9 Å². The second-order valence-electron chi connectivity index (χ2n) is 20.0. The van der Waals surface area contributed by atoms with Crippen LogP contribution in [0.15, 0.2) is 186 Å². The van der Waals surface area contributed by atoms with Gasteiger partial charge in [0.25, 0.3) is 0 Å². The molecule has 3 aliphatic rings. The molecule has 8 aromatic rings. The van der Waals surface area contributed by atoms with Crippen molar-refractivity contribution in [1.29, 1.82) is 0 Å². The van der Waals surface area contributed by atoms with Crippen LogP contribution in [-0.2, 0) is 20.1 Å². The molecule has 1 aliphatic heterocycles. The van der Waals surface area contributed by atoms with E-state index >= 15 is 0 Å². The van der Waals surface area contributed by atoms with Gasteiger partial charge in [0.05, 0.1) is 25.4 Å². The van der Waals surface area contributed by atoms with Crippen LogP contribution in [0.1, 0.15) is 77.6 Å². The predicted molar refractivity (Wildman–Crippen MR) is 287 cm³/mol. The van der Waals surface area contributed by atoms with Crippen LogP contribution < -0.4 is 14.9 Å². The summed E-state index contributed by atoms with van der Waals surface area (Å²) in [4.78, 5) is 0. The number of fused-ring (bicyclic) bond motifs is 6. The van der Waals surface area contributed by atoms with E-state index < -0.39 is 0 Å². The summed E-state index contributed by atoms with van der Waals surface area (Å²) in [5.74, 6) is 1.75. The smallest absolute Gasteiger partial charge is 0.494 e. The van der Waals surface area contributed by atoms with Crippen LogP contribution in [0, 0.1) is 0 Å². The Balaban J connectivity index is 0.000000134. The minimum atomic E-state index is -0.310. The summed E-state index contributed by atoms with van der Waals surface area (Å²) < 4.78 is 24.3. The molecule has 0 radical (unpaired) electrons. The standard InChI is InChI=1S/C28H24O.C21H25BO2.C13H11BrO/c1-28(2)26-12-8-7-11-23(26)24-15-13-20(17-27(24)28)22-16-14-21(29-3)18-25(22)19-9-5-4-6-10-19;1-19(2)17-10-8-7-9-15(17)16-12-11-14(13-18(16)19)22-23-20(3,4)21(5,6)24-22;1-15-11-7-8-13(14)12(9-11)10-5-3-2-4-6-10/h4-18H,1-3H3;7-13H,1-6H3;2-9H,1H3. The topological polar surface area (TPSA) is 36.9 Å². The molecule has 0 aromatic heterocycles. The summed E-state index contributed by atoms with van der Waals surface area (Å²) in [6, 6.07) is 64.2. The molecule has 6 heteroatoms. The number of benzene rings is 8. The van der Waals surface area contributed by atoms with Gasteiger partial charge in [0.1, 0.15) is 11.5 Å². The molecule has 0 unspecified atom stereocenters. The zero-order chi connectivity index (χ0) is 48.0. The van der Waals surface area contributed by atoms with Crippen LogP contribution in [0.3, 0.4) is 0 Å². The fraction of sp³-hybridized carbons (Fsp3) is 0.226. The lowest BCUT2D eigenvalue weighted by Crippen LogP contribution is -2.41. The maximum absolute atomic E-state index is 6.23.